The van der Waals surface area contributed by atoms with Crippen LogP contribution < -0.4 is 20.1 Å². The Morgan fingerprint density at radius 3 is 2.32 bits per heavy atom. The minimum Gasteiger partial charge on any atom is -0.493 e. The molecule has 2 N–H and O–H groups in total. The lowest BCUT2D eigenvalue weighted by molar-refractivity contribution is 0.0995. The second-order valence-electron chi connectivity index (χ2n) is 5.77. The van der Waals surface area contributed by atoms with E-state index in [1.807, 2.05) is 6.92 Å². The van der Waals surface area contributed by atoms with Crippen molar-refractivity contribution in [1.82, 2.24) is 0 Å². The van der Waals surface area contributed by atoms with Crippen LogP contribution in [0.15, 0.2) is 65.3 Å². The number of benzene rings is 2. The highest BCUT2D eigenvalue weighted by atomic mass is 16.5. The van der Waals surface area contributed by atoms with Gasteiger partial charge in [-0.1, -0.05) is 6.07 Å². The lowest BCUT2D eigenvalue weighted by atomic mass is 10.1. The largest absolute Gasteiger partial charge is 0.493 e. The number of anilines is 2. The monoisotopic (exact) mass is 380 g/mol. The van der Waals surface area contributed by atoms with Crippen LogP contribution in [0.4, 0.5) is 11.4 Å². The number of furan rings is 1. The minimum absolute atomic E-state index is 0.205. The first kappa shape index (κ1) is 19.0. The molecule has 7 nitrogen and oxygen atoms in total. The van der Waals surface area contributed by atoms with Gasteiger partial charge in [-0.2, -0.15) is 0 Å². The number of carbonyl (C=O) groups excluding carboxylic acids is 2. The van der Waals surface area contributed by atoms with Gasteiger partial charge in [0.05, 0.1) is 20.0 Å². The van der Waals surface area contributed by atoms with Gasteiger partial charge in [0.2, 0.25) is 0 Å². The van der Waals surface area contributed by atoms with Crippen molar-refractivity contribution >= 4 is 23.2 Å². The molecule has 0 aliphatic heterocycles. The van der Waals surface area contributed by atoms with E-state index < -0.39 is 0 Å². The molecule has 0 aliphatic carbocycles. The average molecular weight is 380 g/mol. The molecule has 7 heteroatoms. The van der Waals surface area contributed by atoms with Crippen LogP contribution >= 0.6 is 0 Å². The zero-order valence-corrected chi connectivity index (χ0v) is 15.5. The molecule has 1 aromatic heterocycles. The molecule has 0 radical (unpaired) electrons. The first-order chi connectivity index (χ1) is 13.6. The Morgan fingerprint density at radius 2 is 1.68 bits per heavy atom. The Kier molecular flexibility index (Phi) is 5.96. The molecular weight excluding hydrogens is 360 g/mol. The van der Waals surface area contributed by atoms with Crippen molar-refractivity contribution in [3.63, 3.8) is 0 Å². The van der Waals surface area contributed by atoms with Crippen molar-refractivity contribution in [3.8, 4) is 11.5 Å². The summed E-state index contributed by atoms with van der Waals surface area (Å²) in [5.74, 6) is 0.578. The average Bonchev–Trinajstić information content (AvgIpc) is 3.24. The molecule has 0 saturated heterocycles. The smallest absolute Gasteiger partial charge is 0.291 e. The van der Waals surface area contributed by atoms with Crippen LogP contribution in [0.3, 0.4) is 0 Å². The third kappa shape index (κ3) is 4.50. The van der Waals surface area contributed by atoms with E-state index in [1.54, 1.807) is 54.6 Å². The molecule has 144 valence electrons. The minimum atomic E-state index is -0.371. The number of ether oxygens (including phenoxy) is 2. The second-order valence-corrected chi connectivity index (χ2v) is 5.77. The third-order valence-corrected chi connectivity index (χ3v) is 3.85. The maximum Gasteiger partial charge on any atom is 0.291 e. The van der Waals surface area contributed by atoms with Crippen molar-refractivity contribution < 1.29 is 23.5 Å². The van der Waals surface area contributed by atoms with Crippen molar-refractivity contribution in [2.75, 3.05) is 24.4 Å². The van der Waals surface area contributed by atoms with Gasteiger partial charge >= 0.3 is 0 Å². The fraction of sp³-hybridized carbons (Fsp3) is 0.143. The van der Waals surface area contributed by atoms with Gasteiger partial charge in [0, 0.05) is 16.9 Å². The first-order valence-corrected chi connectivity index (χ1v) is 8.68. The molecule has 3 aromatic rings. The van der Waals surface area contributed by atoms with Crippen LogP contribution in [0.25, 0.3) is 0 Å². The second kappa shape index (κ2) is 8.77. The van der Waals surface area contributed by atoms with Gasteiger partial charge in [0.15, 0.2) is 17.3 Å². The SMILES string of the molecule is CCOc1ccc(C(=O)Nc2cccc(NC(=O)c3ccco3)c2)cc1OC. The summed E-state index contributed by atoms with van der Waals surface area (Å²) in [4.78, 5) is 24.6. The Labute approximate surface area is 162 Å². The zero-order valence-electron chi connectivity index (χ0n) is 15.5. The van der Waals surface area contributed by atoms with Crippen LogP contribution in [0, 0.1) is 0 Å². The Bertz CT molecular complexity index is 967. The number of hydrogen-bond acceptors (Lipinski definition) is 5. The third-order valence-electron chi connectivity index (χ3n) is 3.85. The van der Waals surface area contributed by atoms with Gasteiger partial charge < -0.3 is 24.5 Å². The van der Waals surface area contributed by atoms with Crippen LogP contribution in [0.1, 0.15) is 27.8 Å². The maximum atomic E-state index is 12.6. The normalized spacial score (nSPS) is 10.2. The molecule has 28 heavy (non-hydrogen) atoms. The molecule has 0 atom stereocenters. The summed E-state index contributed by atoms with van der Waals surface area (Å²) < 4.78 is 15.8. The van der Waals surface area contributed by atoms with Crippen molar-refractivity contribution in [2.24, 2.45) is 0 Å². The molecule has 2 amide bonds. The molecule has 3 rings (SSSR count). The Hall–Kier alpha value is -3.74. The summed E-state index contributed by atoms with van der Waals surface area (Å²) in [6.07, 6.45) is 1.43. The van der Waals surface area contributed by atoms with Crippen molar-refractivity contribution in [2.45, 2.75) is 6.92 Å². The van der Waals surface area contributed by atoms with E-state index in [1.165, 1.54) is 13.4 Å². The maximum absolute atomic E-state index is 12.6. The molecule has 0 spiro atoms. The van der Waals surface area contributed by atoms with Gasteiger partial charge in [-0.15, -0.1) is 0 Å². The fourth-order valence-electron chi connectivity index (χ4n) is 2.56. The summed E-state index contributed by atoms with van der Waals surface area (Å²) in [5.41, 5.74) is 1.49. The number of hydrogen-bond donors (Lipinski definition) is 2. The molecular formula is C21H20N2O5. The van der Waals surface area contributed by atoms with Crippen LogP contribution in [-0.2, 0) is 0 Å². The van der Waals surface area contributed by atoms with Gasteiger partial charge in [0.1, 0.15) is 0 Å². The van der Waals surface area contributed by atoms with E-state index in [-0.39, 0.29) is 17.6 Å². The molecule has 0 unspecified atom stereocenters. The number of rotatable bonds is 7. The van der Waals surface area contributed by atoms with E-state index >= 15 is 0 Å². The van der Waals surface area contributed by atoms with Gasteiger partial charge in [-0.25, -0.2) is 0 Å². The highest BCUT2D eigenvalue weighted by molar-refractivity contribution is 6.06. The van der Waals surface area contributed by atoms with E-state index in [9.17, 15) is 9.59 Å². The lowest BCUT2D eigenvalue weighted by Crippen LogP contribution is -2.14. The van der Waals surface area contributed by atoms with E-state index in [2.05, 4.69) is 10.6 Å². The van der Waals surface area contributed by atoms with Crippen molar-refractivity contribution in [3.05, 3.63) is 72.2 Å². The molecule has 2 aromatic carbocycles. The molecule has 0 aliphatic rings. The Morgan fingerprint density at radius 1 is 0.929 bits per heavy atom. The Balaban J connectivity index is 1.71. The zero-order chi connectivity index (χ0) is 19.9. The standard InChI is InChI=1S/C21H20N2O5/c1-3-27-17-10-9-14(12-19(17)26-2)20(24)22-15-6-4-7-16(13-15)23-21(25)18-8-5-11-28-18/h4-13H,3H2,1-2H3,(H,22,24)(H,23,25). The van der Waals surface area contributed by atoms with Crippen molar-refractivity contribution in [1.29, 1.82) is 0 Å². The highest BCUT2D eigenvalue weighted by Crippen LogP contribution is 2.28. The molecule has 1 heterocycles. The molecule has 0 bridgehead atoms. The van der Waals surface area contributed by atoms with Gasteiger partial charge in [0.25, 0.3) is 11.8 Å². The van der Waals surface area contributed by atoms with Crippen LogP contribution in [-0.4, -0.2) is 25.5 Å². The summed E-state index contributed by atoms with van der Waals surface area (Å²) >= 11 is 0. The highest BCUT2D eigenvalue weighted by Gasteiger charge is 2.13. The summed E-state index contributed by atoms with van der Waals surface area (Å²) in [6, 6.07) is 15.0. The van der Waals surface area contributed by atoms with E-state index in [0.717, 1.165) is 0 Å². The predicted molar refractivity (Wildman–Crippen MR) is 105 cm³/mol. The summed E-state index contributed by atoms with van der Waals surface area (Å²) in [7, 11) is 1.52. The van der Waals surface area contributed by atoms with Gasteiger partial charge in [-0.05, 0) is 55.5 Å². The molecule has 0 saturated carbocycles. The summed E-state index contributed by atoms with van der Waals surface area (Å²) in [6.45, 7) is 2.37. The number of amides is 2. The first-order valence-electron chi connectivity index (χ1n) is 8.68. The number of carbonyl (C=O) groups is 2. The lowest BCUT2D eigenvalue weighted by Gasteiger charge is -2.12. The van der Waals surface area contributed by atoms with E-state index in [4.69, 9.17) is 13.9 Å². The number of methoxy groups -OCH3 is 1. The predicted octanol–water partition coefficient (Wildman–Crippen LogP) is 4.19. The van der Waals surface area contributed by atoms with Gasteiger partial charge in [-0.3, -0.25) is 9.59 Å². The molecule has 0 fully saturated rings. The van der Waals surface area contributed by atoms with E-state index in [0.29, 0.717) is 35.0 Å². The number of nitrogens with one attached hydrogen (secondary N) is 2. The summed E-state index contributed by atoms with van der Waals surface area (Å²) in [5, 5.41) is 5.52. The quantitative estimate of drug-likeness (QED) is 0.641. The van der Waals surface area contributed by atoms with Crippen LogP contribution in [0.5, 0.6) is 11.5 Å². The van der Waals surface area contributed by atoms with Crippen LogP contribution in [0.2, 0.25) is 0 Å². The fourth-order valence-corrected chi connectivity index (χ4v) is 2.56. The topological polar surface area (TPSA) is 89.8 Å².